The Morgan fingerprint density at radius 3 is 2.33 bits per heavy atom. The van der Waals surface area contributed by atoms with Gasteiger partial charge in [-0.3, -0.25) is 0 Å². The summed E-state index contributed by atoms with van der Waals surface area (Å²) in [6.07, 6.45) is 1.87. The summed E-state index contributed by atoms with van der Waals surface area (Å²) >= 11 is 5.88. The van der Waals surface area contributed by atoms with E-state index in [0.717, 1.165) is 12.8 Å². The molecule has 0 amide bonds. The van der Waals surface area contributed by atoms with Crippen LogP contribution in [0.3, 0.4) is 0 Å². The Morgan fingerprint density at radius 2 is 1.73 bits per heavy atom. The standard InChI is InChI=1S/C10H12ClNO2S/c11-9-5-1-2-6-10(9)15(13,14)12-7-3-4-8-12/h1-2,5-6H,3-4,7-8H2. The van der Waals surface area contributed by atoms with Crippen molar-refractivity contribution in [2.45, 2.75) is 17.7 Å². The van der Waals surface area contributed by atoms with Crippen molar-refractivity contribution in [3.63, 3.8) is 0 Å². The molecule has 0 radical (unpaired) electrons. The van der Waals surface area contributed by atoms with Crippen molar-refractivity contribution >= 4 is 21.6 Å². The van der Waals surface area contributed by atoms with Gasteiger partial charge in [-0.25, -0.2) is 8.42 Å². The van der Waals surface area contributed by atoms with Gasteiger partial charge in [-0.2, -0.15) is 4.31 Å². The van der Waals surface area contributed by atoms with Crippen LogP contribution in [0.4, 0.5) is 0 Å². The second kappa shape index (κ2) is 4.12. The van der Waals surface area contributed by atoms with E-state index in [1.165, 1.54) is 4.31 Å². The van der Waals surface area contributed by atoms with Crippen molar-refractivity contribution in [3.05, 3.63) is 29.3 Å². The lowest BCUT2D eigenvalue weighted by atomic mass is 10.4. The summed E-state index contributed by atoms with van der Waals surface area (Å²) in [6, 6.07) is 6.57. The Morgan fingerprint density at radius 1 is 1.13 bits per heavy atom. The van der Waals surface area contributed by atoms with Gasteiger partial charge in [0.05, 0.1) is 5.02 Å². The molecule has 0 saturated carbocycles. The first-order valence-corrected chi connectivity index (χ1v) is 6.69. The first-order chi connectivity index (χ1) is 7.12. The number of hydrogen-bond acceptors (Lipinski definition) is 2. The van der Waals surface area contributed by atoms with Crippen LogP contribution in [0.1, 0.15) is 12.8 Å². The normalized spacial score (nSPS) is 18.2. The van der Waals surface area contributed by atoms with Gasteiger partial charge in [0.15, 0.2) is 0 Å². The summed E-state index contributed by atoms with van der Waals surface area (Å²) in [4.78, 5) is 0.216. The number of rotatable bonds is 2. The molecule has 1 fully saturated rings. The van der Waals surface area contributed by atoms with Gasteiger partial charge < -0.3 is 0 Å². The van der Waals surface area contributed by atoms with Crippen molar-refractivity contribution in [3.8, 4) is 0 Å². The van der Waals surface area contributed by atoms with E-state index < -0.39 is 10.0 Å². The van der Waals surface area contributed by atoms with E-state index in [-0.39, 0.29) is 4.90 Å². The van der Waals surface area contributed by atoms with Crippen LogP contribution in [0, 0.1) is 0 Å². The largest absolute Gasteiger partial charge is 0.244 e. The molecule has 1 saturated heterocycles. The SMILES string of the molecule is O=S(=O)(c1ccccc1Cl)N1CCCC1. The smallest absolute Gasteiger partial charge is 0.207 e. The fourth-order valence-corrected chi connectivity index (χ4v) is 3.73. The van der Waals surface area contributed by atoms with Crippen molar-refractivity contribution in [1.29, 1.82) is 0 Å². The summed E-state index contributed by atoms with van der Waals surface area (Å²) in [5.74, 6) is 0. The van der Waals surface area contributed by atoms with Gasteiger partial charge in [0, 0.05) is 13.1 Å². The molecule has 0 aromatic heterocycles. The van der Waals surface area contributed by atoms with E-state index in [1.807, 2.05) is 0 Å². The highest BCUT2D eigenvalue weighted by atomic mass is 35.5. The molecule has 0 spiro atoms. The molecule has 3 nitrogen and oxygen atoms in total. The zero-order chi connectivity index (χ0) is 10.9. The quantitative estimate of drug-likeness (QED) is 0.801. The highest BCUT2D eigenvalue weighted by Crippen LogP contribution is 2.26. The maximum absolute atomic E-state index is 12.1. The lowest BCUT2D eigenvalue weighted by Gasteiger charge is -2.16. The number of halogens is 1. The van der Waals surface area contributed by atoms with Crippen molar-refractivity contribution < 1.29 is 8.42 Å². The molecule has 1 aliphatic heterocycles. The Hall–Kier alpha value is -0.580. The summed E-state index contributed by atoms with van der Waals surface area (Å²) in [6.45, 7) is 1.21. The predicted octanol–water partition coefficient (Wildman–Crippen LogP) is 2.12. The molecule has 0 bridgehead atoms. The van der Waals surface area contributed by atoms with Crippen molar-refractivity contribution in [2.75, 3.05) is 13.1 Å². The van der Waals surface area contributed by atoms with E-state index in [2.05, 4.69) is 0 Å². The minimum Gasteiger partial charge on any atom is -0.207 e. The Balaban J connectivity index is 2.41. The topological polar surface area (TPSA) is 37.4 Å². The van der Waals surface area contributed by atoms with Crippen molar-refractivity contribution in [2.24, 2.45) is 0 Å². The number of benzene rings is 1. The van der Waals surface area contributed by atoms with Gasteiger partial charge in [-0.05, 0) is 25.0 Å². The minimum absolute atomic E-state index is 0.216. The van der Waals surface area contributed by atoms with Crippen LogP contribution in [0.5, 0.6) is 0 Å². The van der Waals surface area contributed by atoms with Gasteiger partial charge in [0.2, 0.25) is 10.0 Å². The summed E-state index contributed by atoms with van der Waals surface area (Å²) in [5.41, 5.74) is 0. The minimum atomic E-state index is -3.37. The third-order valence-electron chi connectivity index (χ3n) is 2.52. The zero-order valence-electron chi connectivity index (χ0n) is 8.19. The van der Waals surface area contributed by atoms with Gasteiger partial charge in [-0.15, -0.1) is 0 Å². The van der Waals surface area contributed by atoms with Gasteiger partial charge in [-0.1, -0.05) is 23.7 Å². The third kappa shape index (κ3) is 2.02. The first kappa shape index (κ1) is 10.9. The number of hydrogen-bond donors (Lipinski definition) is 0. The Bertz CT molecular complexity index is 452. The molecule has 1 aromatic carbocycles. The molecule has 2 rings (SSSR count). The van der Waals surface area contributed by atoms with E-state index in [0.29, 0.717) is 18.1 Å². The summed E-state index contributed by atoms with van der Waals surface area (Å²) < 4.78 is 25.7. The fourth-order valence-electron chi connectivity index (χ4n) is 1.72. The second-order valence-electron chi connectivity index (χ2n) is 3.54. The molecular weight excluding hydrogens is 234 g/mol. The Labute approximate surface area is 94.7 Å². The zero-order valence-corrected chi connectivity index (χ0v) is 9.76. The molecule has 1 heterocycles. The molecular formula is C10H12ClNO2S. The van der Waals surface area contributed by atoms with Crippen LogP contribution in [0.2, 0.25) is 5.02 Å². The summed E-state index contributed by atoms with van der Waals surface area (Å²) in [7, 11) is -3.37. The average molecular weight is 246 g/mol. The van der Waals surface area contributed by atoms with E-state index in [9.17, 15) is 8.42 Å². The van der Waals surface area contributed by atoms with E-state index in [4.69, 9.17) is 11.6 Å². The number of sulfonamides is 1. The van der Waals surface area contributed by atoms with Crippen LogP contribution in [-0.2, 0) is 10.0 Å². The predicted molar refractivity (Wildman–Crippen MR) is 59.4 cm³/mol. The van der Waals surface area contributed by atoms with Gasteiger partial charge in [0.25, 0.3) is 0 Å². The van der Waals surface area contributed by atoms with Gasteiger partial charge >= 0.3 is 0 Å². The van der Waals surface area contributed by atoms with Crippen molar-refractivity contribution in [1.82, 2.24) is 4.31 Å². The molecule has 0 unspecified atom stereocenters. The number of nitrogens with zero attached hydrogens (tertiary/aromatic N) is 1. The van der Waals surface area contributed by atoms with E-state index in [1.54, 1.807) is 24.3 Å². The van der Waals surface area contributed by atoms with Crippen LogP contribution >= 0.6 is 11.6 Å². The molecule has 1 aromatic rings. The molecule has 0 N–H and O–H groups in total. The first-order valence-electron chi connectivity index (χ1n) is 4.87. The molecule has 0 aliphatic carbocycles. The maximum atomic E-state index is 12.1. The van der Waals surface area contributed by atoms with Crippen LogP contribution in [-0.4, -0.2) is 25.8 Å². The fraction of sp³-hybridized carbons (Fsp3) is 0.400. The summed E-state index contributed by atoms with van der Waals surface area (Å²) in [5, 5.41) is 0.296. The third-order valence-corrected chi connectivity index (χ3v) is 4.92. The average Bonchev–Trinajstić information content (AvgIpc) is 2.71. The van der Waals surface area contributed by atoms with Crippen LogP contribution in [0.15, 0.2) is 29.2 Å². The van der Waals surface area contributed by atoms with E-state index >= 15 is 0 Å². The monoisotopic (exact) mass is 245 g/mol. The lowest BCUT2D eigenvalue weighted by molar-refractivity contribution is 0.477. The molecule has 1 aliphatic rings. The molecule has 82 valence electrons. The highest BCUT2D eigenvalue weighted by Gasteiger charge is 2.28. The molecule has 5 heteroatoms. The maximum Gasteiger partial charge on any atom is 0.244 e. The Kier molecular flexibility index (Phi) is 3.00. The second-order valence-corrected chi connectivity index (χ2v) is 5.86. The van der Waals surface area contributed by atoms with Crippen LogP contribution < -0.4 is 0 Å². The lowest BCUT2D eigenvalue weighted by Crippen LogP contribution is -2.28. The molecule has 15 heavy (non-hydrogen) atoms. The van der Waals surface area contributed by atoms with Gasteiger partial charge in [0.1, 0.15) is 4.90 Å². The highest BCUT2D eigenvalue weighted by molar-refractivity contribution is 7.89. The molecule has 0 atom stereocenters. The van der Waals surface area contributed by atoms with Crippen LogP contribution in [0.25, 0.3) is 0 Å².